The van der Waals surface area contributed by atoms with Crippen molar-refractivity contribution in [1.82, 2.24) is 0 Å². The molecule has 0 aliphatic carbocycles. The van der Waals surface area contributed by atoms with E-state index in [4.69, 9.17) is 17.6 Å². The van der Waals surface area contributed by atoms with Crippen LogP contribution in [0.15, 0.2) is 0 Å². The van der Waals surface area contributed by atoms with Crippen LogP contribution >= 0.6 is 0 Å². The number of carbonyl (C=O) groups is 2. The second-order valence-electron chi connectivity index (χ2n) is 2.61. The maximum atomic E-state index is 11.3. The van der Waals surface area contributed by atoms with Crippen LogP contribution in [-0.2, 0) is 23.8 Å². The molecule has 16 heavy (non-hydrogen) atoms. The summed E-state index contributed by atoms with van der Waals surface area (Å²) in [6, 6.07) is 0. The van der Waals surface area contributed by atoms with Gasteiger partial charge in [-0.05, 0) is 0 Å². The van der Waals surface area contributed by atoms with E-state index in [2.05, 4.69) is 21.3 Å². The van der Waals surface area contributed by atoms with E-state index in [1.807, 2.05) is 0 Å². The van der Waals surface area contributed by atoms with Crippen molar-refractivity contribution < 1.29 is 23.8 Å². The summed E-state index contributed by atoms with van der Waals surface area (Å²) in [7, 11) is 1.27. The molecule has 86 valence electrons. The van der Waals surface area contributed by atoms with Crippen molar-refractivity contribution in [3.63, 3.8) is 0 Å². The normalized spacial score (nSPS) is 10.7. The molecule has 1 unspecified atom stereocenters. The van der Waals surface area contributed by atoms with Crippen LogP contribution in [0.2, 0.25) is 0 Å². The number of rotatable bonds is 6. The average molecular weight is 224 g/mol. The zero-order valence-corrected chi connectivity index (χ0v) is 8.89. The second-order valence-corrected chi connectivity index (χ2v) is 2.61. The van der Waals surface area contributed by atoms with Crippen LogP contribution in [0, 0.1) is 24.7 Å². The van der Waals surface area contributed by atoms with E-state index < -0.39 is 18.0 Å². The van der Waals surface area contributed by atoms with E-state index in [0.717, 1.165) is 0 Å². The fourth-order valence-corrected chi connectivity index (χ4v) is 0.801. The predicted octanol–water partition coefficient (Wildman–Crippen LogP) is -0.256. The molecular formula is C11H12O5. The van der Waals surface area contributed by atoms with Crippen molar-refractivity contribution in [3.05, 3.63) is 0 Å². The van der Waals surface area contributed by atoms with E-state index >= 15 is 0 Å². The van der Waals surface area contributed by atoms with E-state index in [9.17, 15) is 9.59 Å². The van der Waals surface area contributed by atoms with Crippen LogP contribution in [0.25, 0.3) is 0 Å². The van der Waals surface area contributed by atoms with E-state index in [-0.39, 0.29) is 19.6 Å². The number of hydrogen-bond donors (Lipinski definition) is 0. The minimum absolute atomic E-state index is 0.144. The summed E-state index contributed by atoms with van der Waals surface area (Å²) in [6.45, 7) is -0.313. The Balaban J connectivity index is 4.10. The first kappa shape index (κ1) is 14.0. The zero-order chi connectivity index (χ0) is 12.4. The molecule has 0 aromatic heterocycles. The van der Waals surface area contributed by atoms with Crippen LogP contribution in [0.1, 0.15) is 6.42 Å². The molecule has 0 bridgehead atoms. The van der Waals surface area contributed by atoms with Gasteiger partial charge < -0.3 is 14.2 Å². The first-order valence-corrected chi connectivity index (χ1v) is 4.37. The van der Waals surface area contributed by atoms with Crippen molar-refractivity contribution in [1.29, 1.82) is 0 Å². The third-order valence-corrected chi connectivity index (χ3v) is 1.51. The highest BCUT2D eigenvalue weighted by molar-refractivity contribution is 5.81. The highest BCUT2D eigenvalue weighted by Gasteiger charge is 2.23. The van der Waals surface area contributed by atoms with Gasteiger partial charge in [-0.1, -0.05) is 11.8 Å². The molecule has 0 N–H and O–H groups in total. The fraction of sp³-hybridized carbons (Fsp3) is 0.455. The second kappa shape index (κ2) is 8.34. The summed E-state index contributed by atoms with van der Waals surface area (Å²) in [5.74, 6) is 2.90. The molecule has 0 aliphatic rings. The monoisotopic (exact) mass is 224 g/mol. The molecule has 0 rings (SSSR count). The predicted molar refractivity (Wildman–Crippen MR) is 55.0 cm³/mol. The number of methoxy groups -OCH3 is 1. The van der Waals surface area contributed by atoms with Gasteiger partial charge in [0.25, 0.3) is 0 Å². The lowest BCUT2D eigenvalue weighted by Gasteiger charge is -2.12. The van der Waals surface area contributed by atoms with Crippen LogP contribution in [0.5, 0.6) is 0 Å². The SMILES string of the molecule is C#CCOC(=O)CC(OC)C(=O)OCC#C. The average Bonchev–Trinajstić information content (AvgIpc) is 2.30. The van der Waals surface area contributed by atoms with Gasteiger partial charge in [-0.25, -0.2) is 4.79 Å². The van der Waals surface area contributed by atoms with Crippen LogP contribution in [-0.4, -0.2) is 38.4 Å². The number of carbonyl (C=O) groups excluding carboxylic acids is 2. The molecule has 0 amide bonds. The number of terminal acetylenes is 2. The van der Waals surface area contributed by atoms with Gasteiger partial charge in [0.05, 0.1) is 6.42 Å². The molecule has 0 spiro atoms. The van der Waals surface area contributed by atoms with Crippen molar-refractivity contribution in [2.45, 2.75) is 12.5 Å². The zero-order valence-electron chi connectivity index (χ0n) is 8.89. The summed E-state index contributed by atoms with van der Waals surface area (Å²) in [5.41, 5.74) is 0. The molecule has 0 aromatic rings. The Morgan fingerprint density at radius 1 is 1.19 bits per heavy atom. The Hall–Kier alpha value is -1.98. The molecule has 0 saturated heterocycles. The van der Waals surface area contributed by atoms with Gasteiger partial charge in [0.2, 0.25) is 0 Å². The number of hydrogen-bond acceptors (Lipinski definition) is 5. The summed E-state index contributed by atoms with van der Waals surface area (Å²) in [5, 5.41) is 0. The number of ether oxygens (including phenoxy) is 3. The van der Waals surface area contributed by atoms with Crippen molar-refractivity contribution >= 4 is 11.9 Å². The lowest BCUT2D eigenvalue weighted by atomic mass is 10.2. The Morgan fingerprint density at radius 3 is 2.25 bits per heavy atom. The molecule has 0 saturated carbocycles. The van der Waals surface area contributed by atoms with Gasteiger partial charge >= 0.3 is 11.9 Å². The van der Waals surface area contributed by atoms with Gasteiger partial charge in [-0.2, -0.15) is 0 Å². The Labute approximate surface area is 94.1 Å². The minimum atomic E-state index is -1.03. The number of esters is 2. The van der Waals surface area contributed by atoms with Gasteiger partial charge in [0.15, 0.2) is 19.3 Å². The molecular weight excluding hydrogens is 212 g/mol. The van der Waals surface area contributed by atoms with Crippen molar-refractivity contribution in [2.24, 2.45) is 0 Å². The highest BCUT2D eigenvalue weighted by atomic mass is 16.6. The van der Waals surface area contributed by atoms with Crippen molar-refractivity contribution in [2.75, 3.05) is 20.3 Å². The topological polar surface area (TPSA) is 61.8 Å². The third-order valence-electron chi connectivity index (χ3n) is 1.51. The third kappa shape index (κ3) is 5.69. The van der Waals surface area contributed by atoms with Crippen LogP contribution in [0.3, 0.4) is 0 Å². The minimum Gasteiger partial charge on any atom is -0.452 e. The summed E-state index contributed by atoms with van der Waals surface area (Å²) >= 11 is 0. The first-order chi connectivity index (χ1) is 7.65. The molecule has 5 heteroatoms. The summed E-state index contributed by atoms with van der Waals surface area (Å²) in [4.78, 5) is 22.4. The highest BCUT2D eigenvalue weighted by Crippen LogP contribution is 2.02. The molecule has 0 aliphatic heterocycles. The molecule has 0 fully saturated rings. The van der Waals surface area contributed by atoms with Crippen LogP contribution in [0.4, 0.5) is 0 Å². The summed E-state index contributed by atoms with van der Waals surface area (Å²) in [6.07, 6.45) is 8.51. The van der Waals surface area contributed by atoms with E-state index in [0.29, 0.717) is 0 Å². The first-order valence-electron chi connectivity index (χ1n) is 4.37. The smallest absolute Gasteiger partial charge is 0.336 e. The lowest BCUT2D eigenvalue weighted by Crippen LogP contribution is -2.29. The quantitative estimate of drug-likeness (QED) is 0.459. The maximum Gasteiger partial charge on any atom is 0.336 e. The fourth-order valence-electron chi connectivity index (χ4n) is 0.801. The van der Waals surface area contributed by atoms with Gasteiger partial charge in [0, 0.05) is 7.11 Å². The lowest BCUT2D eigenvalue weighted by molar-refractivity contribution is -0.160. The molecule has 0 heterocycles. The van der Waals surface area contributed by atoms with Crippen molar-refractivity contribution in [3.8, 4) is 24.7 Å². The molecule has 0 radical (unpaired) electrons. The Morgan fingerprint density at radius 2 is 1.75 bits per heavy atom. The largest absolute Gasteiger partial charge is 0.452 e. The molecule has 1 atom stereocenters. The van der Waals surface area contributed by atoms with Gasteiger partial charge in [0.1, 0.15) is 0 Å². The van der Waals surface area contributed by atoms with E-state index in [1.165, 1.54) is 7.11 Å². The van der Waals surface area contributed by atoms with Gasteiger partial charge in [-0.15, -0.1) is 12.8 Å². The Kier molecular flexibility index (Phi) is 7.31. The van der Waals surface area contributed by atoms with Crippen LogP contribution < -0.4 is 0 Å². The van der Waals surface area contributed by atoms with Gasteiger partial charge in [-0.3, -0.25) is 4.79 Å². The Bertz CT molecular complexity index is 320. The standard InChI is InChI=1S/C11H12O5/c1-4-6-15-10(12)8-9(14-3)11(13)16-7-5-2/h1-2,9H,6-8H2,3H3. The maximum absolute atomic E-state index is 11.3. The molecule has 5 nitrogen and oxygen atoms in total. The van der Waals surface area contributed by atoms with E-state index in [1.54, 1.807) is 0 Å². The summed E-state index contributed by atoms with van der Waals surface area (Å²) < 4.78 is 13.9. The molecule has 0 aromatic carbocycles.